The van der Waals surface area contributed by atoms with Crippen LogP contribution in [0.3, 0.4) is 0 Å². The molecule has 0 saturated carbocycles. The van der Waals surface area contributed by atoms with Crippen LogP contribution in [-0.2, 0) is 0 Å². The summed E-state index contributed by atoms with van der Waals surface area (Å²) in [7, 11) is 2.12. The highest BCUT2D eigenvalue weighted by molar-refractivity contribution is 5.74. The minimum absolute atomic E-state index is 0.0423. The second kappa shape index (κ2) is 7.05. The van der Waals surface area contributed by atoms with Crippen LogP contribution in [0.2, 0.25) is 0 Å². The van der Waals surface area contributed by atoms with Crippen molar-refractivity contribution < 1.29 is 9.90 Å². The quantitative estimate of drug-likeness (QED) is 0.815. The van der Waals surface area contributed by atoms with Gasteiger partial charge in [-0.05, 0) is 52.2 Å². The van der Waals surface area contributed by atoms with Gasteiger partial charge in [-0.3, -0.25) is 0 Å². The zero-order valence-corrected chi connectivity index (χ0v) is 14.1. The summed E-state index contributed by atoms with van der Waals surface area (Å²) in [5.74, 6) is 0.187. The molecule has 1 aliphatic carbocycles. The summed E-state index contributed by atoms with van der Waals surface area (Å²) < 4.78 is 0. The van der Waals surface area contributed by atoms with Gasteiger partial charge in [0.2, 0.25) is 0 Å². The lowest BCUT2D eigenvalue weighted by atomic mass is 9.76. The summed E-state index contributed by atoms with van der Waals surface area (Å²) in [4.78, 5) is 16.6. The average molecular weight is 319 g/mol. The van der Waals surface area contributed by atoms with Gasteiger partial charge < -0.3 is 20.2 Å². The first-order valence-corrected chi connectivity index (χ1v) is 8.86. The molecule has 0 aromatic heterocycles. The minimum Gasteiger partial charge on any atom is -0.389 e. The molecule has 0 spiro atoms. The number of aliphatic hydroxyl groups is 1. The van der Waals surface area contributed by atoms with Crippen molar-refractivity contribution in [2.45, 2.75) is 43.7 Å². The standard InChI is InChI=1S/C18H29N3O2/c1-20-11-7-16(8-12-20)19-17(22)21-13-9-18(23,10-14-21)15-5-3-2-4-6-15/h2-5,15-16,23H,6-14H2,1H3,(H,19,22). The Morgan fingerprint density at radius 1 is 1.17 bits per heavy atom. The highest BCUT2D eigenvalue weighted by atomic mass is 16.3. The molecule has 0 aromatic rings. The largest absolute Gasteiger partial charge is 0.389 e. The smallest absolute Gasteiger partial charge is 0.317 e. The van der Waals surface area contributed by atoms with Crippen molar-refractivity contribution in [2.75, 3.05) is 33.2 Å². The molecule has 0 bridgehead atoms. The number of amides is 2. The van der Waals surface area contributed by atoms with Crippen LogP contribution < -0.4 is 5.32 Å². The van der Waals surface area contributed by atoms with E-state index in [-0.39, 0.29) is 11.9 Å². The molecule has 0 radical (unpaired) electrons. The monoisotopic (exact) mass is 319 g/mol. The van der Waals surface area contributed by atoms with Crippen molar-refractivity contribution in [3.8, 4) is 0 Å². The molecule has 5 heteroatoms. The van der Waals surface area contributed by atoms with Crippen molar-refractivity contribution in [1.82, 2.24) is 15.1 Å². The molecule has 2 fully saturated rings. The van der Waals surface area contributed by atoms with Gasteiger partial charge in [0, 0.05) is 25.0 Å². The fourth-order valence-electron chi connectivity index (χ4n) is 3.87. The topological polar surface area (TPSA) is 55.8 Å². The van der Waals surface area contributed by atoms with E-state index in [1.54, 1.807) is 0 Å². The molecule has 2 N–H and O–H groups in total. The van der Waals surface area contributed by atoms with Gasteiger partial charge in [0.15, 0.2) is 0 Å². The Bertz CT molecular complexity index is 473. The molecule has 3 aliphatic rings. The number of hydrogen-bond donors (Lipinski definition) is 2. The fraction of sp³-hybridized carbons (Fsp3) is 0.722. The van der Waals surface area contributed by atoms with Gasteiger partial charge in [-0.25, -0.2) is 4.79 Å². The number of nitrogens with zero attached hydrogens (tertiary/aromatic N) is 2. The maximum atomic E-state index is 12.4. The third-order valence-corrected chi connectivity index (χ3v) is 5.63. The van der Waals surface area contributed by atoms with Crippen molar-refractivity contribution in [3.63, 3.8) is 0 Å². The molecule has 1 unspecified atom stereocenters. The summed E-state index contributed by atoms with van der Waals surface area (Å²) >= 11 is 0. The molecule has 23 heavy (non-hydrogen) atoms. The predicted molar refractivity (Wildman–Crippen MR) is 91.2 cm³/mol. The zero-order valence-electron chi connectivity index (χ0n) is 14.1. The van der Waals surface area contributed by atoms with E-state index in [0.29, 0.717) is 32.0 Å². The van der Waals surface area contributed by atoms with Gasteiger partial charge in [-0.2, -0.15) is 0 Å². The predicted octanol–water partition coefficient (Wildman–Crippen LogP) is 1.75. The Kier molecular flexibility index (Phi) is 5.07. The van der Waals surface area contributed by atoms with E-state index in [0.717, 1.165) is 32.4 Å². The number of carbonyl (C=O) groups excluding carboxylic acids is 1. The molecule has 2 aliphatic heterocycles. The second-order valence-electron chi connectivity index (χ2n) is 7.27. The van der Waals surface area contributed by atoms with Crippen LogP contribution in [0.15, 0.2) is 24.3 Å². The van der Waals surface area contributed by atoms with E-state index in [2.05, 4.69) is 29.4 Å². The van der Waals surface area contributed by atoms with Gasteiger partial charge in [0.25, 0.3) is 0 Å². The van der Waals surface area contributed by atoms with Crippen LogP contribution in [0.5, 0.6) is 0 Å². The first kappa shape index (κ1) is 16.5. The van der Waals surface area contributed by atoms with E-state index >= 15 is 0 Å². The third-order valence-electron chi connectivity index (χ3n) is 5.63. The molecule has 2 heterocycles. The highest BCUT2D eigenvalue weighted by Crippen LogP contribution is 2.34. The van der Waals surface area contributed by atoms with Gasteiger partial charge >= 0.3 is 6.03 Å². The van der Waals surface area contributed by atoms with Crippen molar-refractivity contribution >= 4 is 6.03 Å². The highest BCUT2D eigenvalue weighted by Gasteiger charge is 2.39. The lowest BCUT2D eigenvalue weighted by Gasteiger charge is -2.42. The Balaban J connectivity index is 1.47. The van der Waals surface area contributed by atoms with Crippen LogP contribution in [0.4, 0.5) is 4.79 Å². The molecular formula is C18H29N3O2. The number of piperidine rings is 2. The summed E-state index contributed by atoms with van der Waals surface area (Å²) in [6.45, 7) is 3.38. The molecule has 128 valence electrons. The van der Waals surface area contributed by atoms with Crippen molar-refractivity contribution in [3.05, 3.63) is 24.3 Å². The average Bonchev–Trinajstić information content (AvgIpc) is 2.58. The molecule has 1 atom stereocenters. The van der Waals surface area contributed by atoms with Gasteiger partial charge in [0.05, 0.1) is 5.60 Å². The Morgan fingerprint density at radius 3 is 2.48 bits per heavy atom. The van der Waals surface area contributed by atoms with E-state index in [1.165, 1.54) is 0 Å². The number of hydrogen-bond acceptors (Lipinski definition) is 3. The van der Waals surface area contributed by atoms with Crippen LogP contribution in [0.25, 0.3) is 0 Å². The lowest BCUT2D eigenvalue weighted by molar-refractivity contribution is -0.0451. The summed E-state index contributed by atoms with van der Waals surface area (Å²) in [5.41, 5.74) is -0.661. The molecule has 2 saturated heterocycles. The normalized spacial score (nSPS) is 28.8. The molecule has 5 nitrogen and oxygen atoms in total. The first-order valence-electron chi connectivity index (χ1n) is 8.86. The summed E-state index contributed by atoms with van der Waals surface area (Å²) in [6, 6.07) is 0.339. The molecule has 0 aromatic carbocycles. The van der Waals surface area contributed by atoms with Crippen LogP contribution >= 0.6 is 0 Å². The van der Waals surface area contributed by atoms with E-state index in [1.807, 2.05) is 17.1 Å². The Morgan fingerprint density at radius 2 is 1.87 bits per heavy atom. The zero-order chi connectivity index (χ0) is 16.3. The lowest BCUT2D eigenvalue weighted by Crippen LogP contribution is -2.54. The first-order chi connectivity index (χ1) is 11.1. The number of carbonyl (C=O) groups is 1. The SMILES string of the molecule is CN1CCC(NC(=O)N2CCC(O)(C3C=CC=CC3)CC2)CC1. The summed E-state index contributed by atoms with van der Waals surface area (Å²) in [6.07, 6.45) is 12.5. The third kappa shape index (κ3) is 3.96. The van der Waals surface area contributed by atoms with Crippen LogP contribution in [0.1, 0.15) is 32.1 Å². The maximum Gasteiger partial charge on any atom is 0.317 e. The van der Waals surface area contributed by atoms with E-state index in [9.17, 15) is 9.90 Å². The molecule has 3 rings (SSSR count). The van der Waals surface area contributed by atoms with Crippen LogP contribution in [-0.4, -0.2) is 65.8 Å². The van der Waals surface area contributed by atoms with E-state index < -0.39 is 5.60 Å². The fourth-order valence-corrected chi connectivity index (χ4v) is 3.87. The number of rotatable bonds is 2. The molecule has 2 amide bonds. The number of nitrogens with one attached hydrogen (secondary N) is 1. The molecular weight excluding hydrogens is 290 g/mol. The van der Waals surface area contributed by atoms with E-state index in [4.69, 9.17) is 0 Å². The maximum absolute atomic E-state index is 12.4. The number of likely N-dealkylation sites (tertiary alicyclic amines) is 2. The second-order valence-corrected chi connectivity index (χ2v) is 7.27. The minimum atomic E-state index is -0.661. The summed E-state index contributed by atoms with van der Waals surface area (Å²) in [5, 5.41) is 14.1. The number of urea groups is 1. The Hall–Kier alpha value is -1.33. The number of allylic oxidation sites excluding steroid dienone is 3. The Labute approximate surface area is 139 Å². The van der Waals surface area contributed by atoms with Crippen LogP contribution in [0, 0.1) is 5.92 Å². The van der Waals surface area contributed by atoms with Gasteiger partial charge in [-0.1, -0.05) is 24.3 Å². The van der Waals surface area contributed by atoms with Gasteiger partial charge in [-0.15, -0.1) is 0 Å². The van der Waals surface area contributed by atoms with Crippen molar-refractivity contribution in [2.24, 2.45) is 5.92 Å². The van der Waals surface area contributed by atoms with Crippen molar-refractivity contribution in [1.29, 1.82) is 0 Å². The van der Waals surface area contributed by atoms with Gasteiger partial charge in [0.1, 0.15) is 0 Å².